The smallest absolute Gasteiger partial charge is 0.189 e. The van der Waals surface area contributed by atoms with Gasteiger partial charge in [-0.3, -0.25) is 9.98 Å². The van der Waals surface area contributed by atoms with E-state index in [1.807, 2.05) is 19.1 Å². The average Bonchev–Trinajstić information content (AvgIpc) is 2.27. The minimum Gasteiger partial charge on any atom is -0.370 e. The number of nitrogens with one attached hydrogen (secondary N) is 1. The van der Waals surface area contributed by atoms with Crippen LogP contribution in [0.25, 0.3) is 0 Å². The lowest BCUT2D eigenvalue weighted by molar-refractivity contribution is 0.651. The zero-order chi connectivity index (χ0) is 12.0. The summed E-state index contributed by atoms with van der Waals surface area (Å²) in [6.07, 6.45) is 3.55. The van der Waals surface area contributed by atoms with Crippen LogP contribution in [0, 0.1) is 5.92 Å². The molecule has 1 heterocycles. The molecular weight excluding hydrogens is 200 g/mol. The minimum absolute atomic E-state index is 0.152. The van der Waals surface area contributed by atoms with Gasteiger partial charge in [0.25, 0.3) is 0 Å². The van der Waals surface area contributed by atoms with Gasteiger partial charge in [0.05, 0.1) is 6.04 Å². The molecule has 4 nitrogen and oxygen atoms in total. The van der Waals surface area contributed by atoms with Crippen LogP contribution in [-0.4, -0.2) is 17.5 Å². The van der Waals surface area contributed by atoms with Crippen molar-refractivity contribution in [3.8, 4) is 0 Å². The summed E-state index contributed by atoms with van der Waals surface area (Å²) in [5.74, 6) is 1.02. The summed E-state index contributed by atoms with van der Waals surface area (Å²) in [7, 11) is 0. The molecular formula is C12H20N4. The number of hydrogen-bond acceptors (Lipinski definition) is 2. The van der Waals surface area contributed by atoms with Crippen LogP contribution in [0.5, 0.6) is 0 Å². The summed E-state index contributed by atoms with van der Waals surface area (Å²) >= 11 is 0. The molecule has 1 unspecified atom stereocenters. The molecule has 0 aliphatic heterocycles. The molecule has 16 heavy (non-hydrogen) atoms. The van der Waals surface area contributed by atoms with E-state index < -0.39 is 0 Å². The summed E-state index contributed by atoms with van der Waals surface area (Å²) in [5, 5.41) is 3.15. The van der Waals surface area contributed by atoms with E-state index >= 15 is 0 Å². The first-order valence-corrected chi connectivity index (χ1v) is 5.56. The van der Waals surface area contributed by atoms with Crippen molar-refractivity contribution in [2.24, 2.45) is 16.6 Å². The molecule has 1 aromatic heterocycles. The van der Waals surface area contributed by atoms with Crippen LogP contribution in [0.2, 0.25) is 0 Å². The molecule has 0 aliphatic carbocycles. The average molecular weight is 220 g/mol. The molecule has 3 N–H and O–H groups in total. The summed E-state index contributed by atoms with van der Waals surface area (Å²) in [6.45, 7) is 7.03. The molecule has 4 heteroatoms. The van der Waals surface area contributed by atoms with Crippen LogP contribution < -0.4 is 11.1 Å². The highest BCUT2D eigenvalue weighted by Crippen LogP contribution is 2.09. The molecule has 1 aromatic rings. The van der Waals surface area contributed by atoms with Gasteiger partial charge in [0.2, 0.25) is 0 Å². The molecule has 0 fully saturated rings. The van der Waals surface area contributed by atoms with E-state index in [0.29, 0.717) is 11.9 Å². The van der Waals surface area contributed by atoms with Crippen molar-refractivity contribution in [1.29, 1.82) is 0 Å². The van der Waals surface area contributed by atoms with Crippen molar-refractivity contribution < 1.29 is 0 Å². The van der Waals surface area contributed by atoms with Gasteiger partial charge in [-0.25, -0.2) is 0 Å². The second kappa shape index (κ2) is 6.10. The van der Waals surface area contributed by atoms with Crippen molar-refractivity contribution >= 4 is 5.96 Å². The molecule has 0 saturated carbocycles. The first-order valence-electron chi connectivity index (χ1n) is 5.56. The highest BCUT2D eigenvalue weighted by molar-refractivity contribution is 5.78. The van der Waals surface area contributed by atoms with Gasteiger partial charge in [-0.15, -0.1) is 0 Å². The molecule has 0 bridgehead atoms. The lowest BCUT2D eigenvalue weighted by Gasteiger charge is -2.14. The zero-order valence-corrected chi connectivity index (χ0v) is 10.1. The van der Waals surface area contributed by atoms with Crippen LogP contribution in [0.4, 0.5) is 0 Å². The highest BCUT2D eigenvalue weighted by Gasteiger charge is 2.04. The van der Waals surface area contributed by atoms with Gasteiger partial charge in [-0.05, 0) is 30.5 Å². The van der Waals surface area contributed by atoms with Crippen LogP contribution >= 0.6 is 0 Å². The van der Waals surface area contributed by atoms with Crippen molar-refractivity contribution in [2.75, 3.05) is 6.54 Å². The van der Waals surface area contributed by atoms with Crippen molar-refractivity contribution in [3.05, 3.63) is 30.1 Å². The Morgan fingerprint density at radius 3 is 2.56 bits per heavy atom. The Morgan fingerprint density at radius 2 is 2.00 bits per heavy atom. The number of pyridine rings is 1. The molecule has 0 saturated heterocycles. The molecule has 0 aliphatic rings. The van der Waals surface area contributed by atoms with E-state index in [0.717, 1.165) is 12.1 Å². The summed E-state index contributed by atoms with van der Waals surface area (Å²) in [5.41, 5.74) is 6.93. The molecule has 1 atom stereocenters. The standard InChI is InChI=1S/C12H20N4/c1-9(2)8-15-12(13)16-10(3)11-4-6-14-7-5-11/h4-7,9-10H,8H2,1-3H3,(H3,13,15,16). The molecule has 0 amide bonds. The number of guanidine groups is 1. The monoisotopic (exact) mass is 220 g/mol. The Morgan fingerprint density at radius 1 is 1.38 bits per heavy atom. The number of hydrogen-bond donors (Lipinski definition) is 2. The molecule has 1 rings (SSSR count). The molecule has 0 radical (unpaired) electrons. The number of aromatic nitrogens is 1. The van der Waals surface area contributed by atoms with E-state index in [9.17, 15) is 0 Å². The van der Waals surface area contributed by atoms with Gasteiger partial charge in [0.1, 0.15) is 0 Å². The molecule has 88 valence electrons. The fraction of sp³-hybridized carbons (Fsp3) is 0.500. The Labute approximate surface area is 97.0 Å². The van der Waals surface area contributed by atoms with Crippen LogP contribution in [-0.2, 0) is 0 Å². The maximum Gasteiger partial charge on any atom is 0.189 e. The largest absolute Gasteiger partial charge is 0.370 e. The summed E-state index contributed by atoms with van der Waals surface area (Å²) < 4.78 is 0. The third-order valence-electron chi connectivity index (χ3n) is 2.20. The second-order valence-corrected chi connectivity index (χ2v) is 4.27. The number of aliphatic imine (C=N–C) groups is 1. The maximum atomic E-state index is 5.78. The van der Waals surface area contributed by atoms with E-state index in [4.69, 9.17) is 5.73 Å². The third-order valence-corrected chi connectivity index (χ3v) is 2.20. The van der Waals surface area contributed by atoms with Gasteiger partial charge in [-0.2, -0.15) is 0 Å². The minimum atomic E-state index is 0.152. The molecule has 0 spiro atoms. The second-order valence-electron chi connectivity index (χ2n) is 4.27. The number of nitrogens with zero attached hydrogens (tertiary/aromatic N) is 2. The van der Waals surface area contributed by atoms with E-state index in [2.05, 4.69) is 29.1 Å². The number of rotatable bonds is 4. The predicted octanol–water partition coefficient (Wildman–Crippen LogP) is 1.70. The Bertz CT molecular complexity index is 332. The normalized spacial score (nSPS) is 13.9. The summed E-state index contributed by atoms with van der Waals surface area (Å²) in [4.78, 5) is 8.23. The van der Waals surface area contributed by atoms with Gasteiger partial charge < -0.3 is 11.1 Å². The third kappa shape index (κ3) is 4.29. The van der Waals surface area contributed by atoms with Crippen LogP contribution in [0.1, 0.15) is 32.4 Å². The van der Waals surface area contributed by atoms with Gasteiger partial charge >= 0.3 is 0 Å². The lowest BCUT2D eigenvalue weighted by Crippen LogP contribution is -2.34. The highest BCUT2D eigenvalue weighted by atomic mass is 15.1. The van der Waals surface area contributed by atoms with E-state index in [1.54, 1.807) is 12.4 Å². The maximum absolute atomic E-state index is 5.78. The Kier molecular flexibility index (Phi) is 4.76. The van der Waals surface area contributed by atoms with Crippen LogP contribution in [0.15, 0.2) is 29.5 Å². The van der Waals surface area contributed by atoms with Crippen LogP contribution in [0.3, 0.4) is 0 Å². The topological polar surface area (TPSA) is 63.3 Å². The SMILES string of the molecule is CC(C)CN=C(N)NC(C)c1ccncc1. The first-order chi connectivity index (χ1) is 7.59. The zero-order valence-electron chi connectivity index (χ0n) is 10.1. The quantitative estimate of drug-likeness (QED) is 0.599. The lowest BCUT2D eigenvalue weighted by atomic mass is 10.1. The predicted molar refractivity (Wildman–Crippen MR) is 67.1 cm³/mol. The van der Waals surface area contributed by atoms with Crippen molar-refractivity contribution in [1.82, 2.24) is 10.3 Å². The Hall–Kier alpha value is -1.58. The number of nitrogens with two attached hydrogens (primary N) is 1. The first kappa shape index (κ1) is 12.5. The van der Waals surface area contributed by atoms with Crippen molar-refractivity contribution in [2.45, 2.75) is 26.8 Å². The van der Waals surface area contributed by atoms with E-state index in [-0.39, 0.29) is 6.04 Å². The molecule has 0 aromatic carbocycles. The summed E-state index contributed by atoms with van der Waals surface area (Å²) in [6, 6.07) is 4.08. The van der Waals surface area contributed by atoms with E-state index in [1.165, 1.54) is 0 Å². The van der Waals surface area contributed by atoms with Gasteiger partial charge in [-0.1, -0.05) is 13.8 Å². The van der Waals surface area contributed by atoms with Gasteiger partial charge in [0, 0.05) is 18.9 Å². The van der Waals surface area contributed by atoms with Gasteiger partial charge in [0.15, 0.2) is 5.96 Å². The fourth-order valence-electron chi connectivity index (χ4n) is 1.28. The van der Waals surface area contributed by atoms with Crippen molar-refractivity contribution in [3.63, 3.8) is 0 Å². The fourth-order valence-corrected chi connectivity index (χ4v) is 1.28. The Balaban J connectivity index is 2.51.